The highest BCUT2D eigenvalue weighted by molar-refractivity contribution is 5.85. The summed E-state index contributed by atoms with van der Waals surface area (Å²) in [5, 5.41) is 1.00. The van der Waals surface area contributed by atoms with E-state index in [-0.39, 0.29) is 37.0 Å². The first kappa shape index (κ1) is 27.4. The monoisotopic (exact) mass is 543 g/mol. The second-order valence-electron chi connectivity index (χ2n) is 12.3. The number of halogens is 3. The summed E-state index contributed by atoms with van der Waals surface area (Å²) in [5.74, 6) is -1.49. The van der Waals surface area contributed by atoms with Crippen LogP contribution in [0.15, 0.2) is 36.4 Å². The molecule has 3 heterocycles. The van der Waals surface area contributed by atoms with E-state index in [1.807, 2.05) is 36.1 Å². The number of amides is 1. The Bertz CT molecular complexity index is 1360. The summed E-state index contributed by atoms with van der Waals surface area (Å²) >= 11 is 0. The van der Waals surface area contributed by atoms with Crippen molar-refractivity contribution in [2.24, 2.45) is 0 Å². The van der Waals surface area contributed by atoms with E-state index in [1.165, 1.54) is 30.9 Å². The number of benzene rings is 2. The molecule has 1 N–H and O–H groups in total. The molecule has 0 aliphatic carbocycles. The lowest BCUT2D eigenvalue weighted by molar-refractivity contribution is -0.0223. The molecule has 0 bridgehead atoms. The number of alkyl halides is 1. The Hall–Kier alpha value is -3.20. The number of fused-ring (bicyclic) bond motifs is 3. The maximum absolute atomic E-state index is 15.8. The topological polar surface area (TPSA) is 57.8 Å². The second kappa shape index (κ2) is 9.77. The fraction of sp³-hybridized carbons (Fsp3) is 0.500. The van der Waals surface area contributed by atoms with E-state index in [0.29, 0.717) is 12.1 Å². The van der Waals surface area contributed by atoms with Gasteiger partial charge in [-0.2, -0.15) is 0 Å². The predicted octanol–water partition coefficient (Wildman–Crippen LogP) is 6.53. The molecule has 1 saturated heterocycles. The normalized spacial score (nSPS) is 20.6. The number of carbonyl (C=O) groups is 1. The fourth-order valence-corrected chi connectivity index (χ4v) is 5.57. The van der Waals surface area contributed by atoms with E-state index < -0.39 is 41.1 Å². The van der Waals surface area contributed by atoms with Gasteiger partial charge in [0.05, 0.1) is 19.1 Å². The van der Waals surface area contributed by atoms with Gasteiger partial charge in [0.15, 0.2) is 0 Å². The zero-order valence-corrected chi connectivity index (χ0v) is 23.3. The number of aromatic amines is 1. The van der Waals surface area contributed by atoms with Crippen LogP contribution < -0.4 is 4.74 Å². The first-order chi connectivity index (χ1) is 18.2. The Morgan fingerprint density at radius 3 is 2.33 bits per heavy atom. The van der Waals surface area contributed by atoms with Crippen molar-refractivity contribution < 1.29 is 27.4 Å². The predicted molar refractivity (Wildman–Crippen MR) is 144 cm³/mol. The number of carbonyl (C=O) groups excluding carboxylic acids is 1. The highest BCUT2D eigenvalue weighted by atomic mass is 19.1. The zero-order chi connectivity index (χ0) is 28.3. The molecule has 1 aromatic heterocycles. The molecule has 5 rings (SSSR count). The summed E-state index contributed by atoms with van der Waals surface area (Å²) in [5.41, 5.74) is 0.217. The van der Waals surface area contributed by atoms with Gasteiger partial charge >= 0.3 is 6.09 Å². The van der Waals surface area contributed by atoms with E-state index in [2.05, 4.69) is 4.98 Å². The minimum Gasteiger partial charge on any atom is -0.487 e. The van der Waals surface area contributed by atoms with E-state index >= 15 is 8.78 Å². The van der Waals surface area contributed by atoms with Crippen LogP contribution in [0.5, 0.6) is 5.75 Å². The van der Waals surface area contributed by atoms with E-state index in [1.54, 1.807) is 20.8 Å². The Labute approximate surface area is 227 Å². The number of nitrogens with zero attached hydrogens (tertiary/aromatic N) is 2. The summed E-state index contributed by atoms with van der Waals surface area (Å²) in [4.78, 5) is 18.9. The zero-order valence-electron chi connectivity index (χ0n) is 23.3. The van der Waals surface area contributed by atoms with Crippen molar-refractivity contribution in [2.75, 3.05) is 19.6 Å². The minimum absolute atomic E-state index is 0.00729. The molecule has 2 aromatic carbocycles. The van der Waals surface area contributed by atoms with Crippen LogP contribution in [0.3, 0.4) is 0 Å². The van der Waals surface area contributed by atoms with Crippen LogP contribution in [0.1, 0.15) is 64.4 Å². The Balaban J connectivity index is 1.44. The summed E-state index contributed by atoms with van der Waals surface area (Å²) in [6, 6.07) is 9.12. The molecule has 1 fully saturated rings. The number of hydrogen-bond donors (Lipinski definition) is 1. The minimum atomic E-state index is -1.57. The van der Waals surface area contributed by atoms with Gasteiger partial charge in [0, 0.05) is 46.9 Å². The van der Waals surface area contributed by atoms with Crippen LogP contribution in [0, 0.1) is 11.6 Å². The number of hydrogen-bond acceptors (Lipinski definition) is 4. The number of rotatable bonds is 5. The number of para-hydroxylation sites is 1. The number of likely N-dealkylation sites (tertiary alicyclic amines) is 1. The SMILES string of the molecule is C[C@@H]1Cc2c([nH]c3ccccc23)[C@@H](c2c(F)cc(OC3CN(C(=O)OC(C)(C)C)C3)cc2F)N1CC(C)(C)F. The maximum atomic E-state index is 15.8. The number of H-pyrrole nitrogens is 1. The summed E-state index contributed by atoms with van der Waals surface area (Å²) in [6.07, 6.45) is -0.223. The van der Waals surface area contributed by atoms with Crippen LogP contribution in [0.25, 0.3) is 10.9 Å². The quantitative estimate of drug-likeness (QED) is 0.398. The molecule has 1 amide bonds. The van der Waals surface area contributed by atoms with Crippen LogP contribution in [-0.4, -0.2) is 63.9 Å². The average molecular weight is 544 g/mol. The van der Waals surface area contributed by atoms with E-state index in [4.69, 9.17) is 9.47 Å². The van der Waals surface area contributed by atoms with Crippen molar-refractivity contribution >= 4 is 17.0 Å². The molecule has 39 heavy (non-hydrogen) atoms. The van der Waals surface area contributed by atoms with E-state index in [0.717, 1.165) is 16.5 Å². The molecule has 0 radical (unpaired) electrons. The molecule has 0 spiro atoms. The molecule has 6 nitrogen and oxygen atoms in total. The van der Waals surface area contributed by atoms with Crippen LogP contribution in [0.4, 0.5) is 18.0 Å². The molecule has 2 aliphatic heterocycles. The summed E-state index contributed by atoms with van der Waals surface area (Å²) < 4.78 is 57.7. The van der Waals surface area contributed by atoms with Crippen LogP contribution in [0.2, 0.25) is 0 Å². The molecule has 0 unspecified atom stereocenters. The Morgan fingerprint density at radius 2 is 1.72 bits per heavy atom. The van der Waals surface area contributed by atoms with Gasteiger partial charge < -0.3 is 19.4 Å². The van der Waals surface area contributed by atoms with Gasteiger partial charge in [0.25, 0.3) is 0 Å². The number of aromatic nitrogens is 1. The summed E-state index contributed by atoms with van der Waals surface area (Å²) in [7, 11) is 0. The van der Waals surface area contributed by atoms with Gasteiger partial charge in [0.2, 0.25) is 0 Å². The number of ether oxygens (including phenoxy) is 2. The highest BCUT2D eigenvalue weighted by Crippen LogP contribution is 2.44. The van der Waals surface area contributed by atoms with E-state index in [9.17, 15) is 9.18 Å². The lowest BCUT2D eigenvalue weighted by Gasteiger charge is -2.43. The van der Waals surface area contributed by atoms with Crippen LogP contribution in [-0.2, 0) is 11.2 Å². The molecule has 9 heteroatoms. The van der Waals surface area contributed by atoms with Gasteiger partial charge in [-0.15, -0.1) is 0 Å². The third-order valence-electron chi connectivity index (χ3n) is 7.20. The lowest BCUT2D eigenvalue weighted by Crippen LogP contribution is -2.57. The number of nitrogens with one attached hydrogen (secondary N) is 1. The standard InChI is InChI=1S/C30H36F3N3O3/c1-17-11-21-20-9-7-8-10-24(20)34-26(21)27(36(17)16-30(5,6)33)25-22(31)12-18(13-23(25)32)38-19-14-35(15-19)28(37)39-29(2,3)4/h7-10,12-13,17,19,27,34H,11,14-16H2,1-6H3/t17-,27-/m1/s1. The first-order valence-electron chi connectivity index (χ1n) is 13.4. The molecule has 210 valence electrons. The third kappa shape index (κ3) is 5.60. The van der Waals surface area contributed by atoms with Gasteiger partial charge in [0.1, 0.15) is 34.8 Å². The van der Waals surface area contributed by atoms with Crippen molar-refractivity contribution in [3.05, 3.63) is 64.9 Å². The van der Waals surface area contributed by atoms with Crippen LogP contribution >= 0.6 is 0 Å². The summed E-state index contributed by atoms with van der Waals surface area (Å²) in [6.45, 7) is 10.8. The van der Waals surface area contributed by atoms with Gasteiger partial charge in [-0.3, -0.25) is 4.90 Å². The first-order valence-corrected chi connectivity index (χ1v) is 13.4. The van der Waals surface area contributed by atoms with Crippen molar-refractivity contribution in [1.29, 1.82) is 0 Å². The second-order valence-corrected chi connectivity index (χ2v) is 12.3. The van der Waals surface area contributed by atoms with Gasteiger partial charge in [-0.05, 0) is 59.6 Å². The van der Waals surface area contributed by atoms with Gasteiger partial charge in [-0.25, -0.2) is 18.0 Å². The Morgan fingerprint density at radius 1 is 1.08 bits per heavy atom. The molecular weight excluding hydrogens is 507 g/mol. The van der Waals surface area contributed by atoms with Crippen molar-refractivity contribution in [1.82, 2.24) is 14.8 Å². The molecule has 3 aromatic rings. The largest absolute Gasteiger partial charge is 0.487 e. The van der Waals surface area contributed by atoms with Crippen molar-refractivity contribution in [2.45, 2.75) is 77.4 Å². The van der Waals surface area contributed by atoms with Crippen molar-refractivity contribution in [3.63, 3.8) is 0 Å². The highest BCUT2D eigenvalue weighted by Gasteiger charge is 2.41. The third-order valence-corrected chi connectivity index (χ3v) is 7.20. The Kier molecular flexibility index (Phi) is 6.85. The van der Waals surface area contributed by atoms with Gasteiger partial charge in [-0.1, -0.05) is 18.2 Å². The smallest absolute Gasteiger partial charge is 0.410 e. The molecular formula is C30H36F3N3O3. The maximum Gasteiger partial charge on any atom is 0.410 e. The van der Waals surface area contributed by atoms with Crippen molar-refractivity contribution in [3.8, 4) is 5.75 Å². The molecule has 2 aliphatic rings. The molecule has 2 atom stereocenters. The lowest BCUT2D eigenvalue weighted by atomic mass is 9.87. The molecule has 0 saturated carbocycles. The fourth-order valence-electron chi connectivity index (χ4n) is 5.57. The average Bonchev–Trinajstić information content (AvgIpc) is 3.13.